The minimum Gasteiger partial charge on any atom is -0.462 e. The van der Waals surface area contributed by atoms with Gasteiger partial charge in [-0.05, 0) is 43.9 Å². The van der Waals surface area contributed by atoms with Crippen LogP contribution in [0.2, 0.25) is 0 Å². The predicted octanol–water partition coefficient (Wildman–Crippen LogP) is 4.15. The second kappa shape index (κ2) is 8.61. The maximum Gasteiger partial charge on any atom is 0.341 e. The van der Waals surface area contributed by atoms with E-state index in [0.717, 1.165) is 29.7 Å². The minimum atomic E-state index is -0.391. The Kier molecular flexibility index (Phi) is 5.92. The number of thioether (sulfide) groups is 1. The van der Waals surface area contributed by atoms with Crippen LogP contribution in [0.4, 0.5) is 5.00 Å². The van der Waals surface area contributed by atoms with Gasteiger partial charge in [-0.15, -0.1) is 11.3 Å². The highest BCUT2D eigenvalue weighted by atomic mass is 32.2. The third-order valence-electron chi connectivity index (χ3n) is 4.83. The van der Waals surface area contributed by atoms with E-state index in [9.17, 15) is 14.4 Å². The van der Waals surface area contributed by atoms with E-state index in [1.165, 1.54) is 34.6 Å². The van der Waals surface area contributed by atoms with E-state index in [-0.39, 0.29) is 24.2 Å². The lowest BCUT2D eigenvalue weighted by Crippen LogP contribution is -2.17. The number of ether oxygens (including phenoxy) is 1. The van der Waals surface area contributed by atoms with E-state index in [1.54, 1.807) is 6.92 Å². The maximum atomic E-state index is 12.6. The standard InChI is InChI=1S/C21H21N3O4S2/c1-3-28-20(27)18-13-7-6-10-16(13)30-19(18)23-17(26)11-29-21-22-14-8-4-5-9-15(14)24(21)12(2)25/h4-5,8-9H,3,6-7,10-11H2,1-2H3,(H,23,26). The summed E-state index contributed by atoms with van der Waals surface area (Å²) in [4.78, 5) is 42.8. The number of carbonyl (C=O) groups is 3. The van der Waals surface area contributed by atoms with Crippen LogP contribution in [0.15, 0.2) is 29.4 Å². The van der Waals surface area contributed by atoms with Crippen molar-refractivity contribution >= 4 is 56.9 Å². The van der Waals surface area contributed by atoms with Crippen molar-refractivity contribution in [2.45, 2.75) is 38.3 Å². The summed E-state index contributed by atoms with van der Waals surface area (Å²) in [6, 6.07) is 7.36. The number of hydrogen-bond acceptors (Lipinski definition) is 7. The summed E-state index contributed by atoms with van der Waals surface area (Å²) in [5, 5.41) is 3.88. The Bertz CT molecular complexity index is 1150. The number of anilines is 1. The molecule has 9 heteroatoms. The summed E-state index contributed by atoms with van der Waals surface area (Å²) in [6.45, 7) is 3.52. The lowest BCUT2D eigenvalue weighted by molar-refractivity contribution is -0.113. The Morgan fingerprint density at radius 3 is 2.83 bits per heavy atom. The van der Waals surface area contributed by atoms with Crippen molar-refractivity contribution < 1.29 is 19.1 Å². The van der Waals surface area contributed by atoms with Crippen LogP contribution in [0.1, 0.15) is 45.9 Å². The van der Waals surface area contributed by atoms with Gasteiger partial charge in [-0.2, -0.15) is 0 Å². The maximum absolute atomic E-state index is 12.6. The van der Waals surface area contributed by atoms with E-state index in [0.29, 0.717) is 26.8 Å². The summed E-state index contributed by atoms with van der Waals surface area (Å²) in [6.07, 6.45) is 2.76. The van der Waals surface area contributed by atoms with Crippen LogP contribution in [-0.4, -0.2) is 39.7 Å². The van der Waals surface area contributed by atoms with Gasteiger partial charge in [0.25, 0.3) is 0 Å². The molecule has 4 rings (SSSR count). The smallest absolute Gasteiger partial charge is 0.341 e. The van der Waals surface area contributed by atoms with E-state index >= 15 is 0 Å². The first-order valence-corrected chi connectivity index (χ1v) is 11.5. The number of imidazole rings is 1. The summed E-state index contributed by atoms with van der Waals surface area (Å²) in [7, 11) is 0. The first-order valence-electron chi connectivity index (χ1n) is 9.72. The summed E-state index contributed by atoms with van der Waals surface area (Å²) >= 11 is 2.64. The fourth-order valence-electron chi connectivity index (χ4n) is 3.61. The minimum absolute atomic E-state index is 0.0709. The van der Waals surface area contributed by atoms with Gasteiger partial charge in [0.1, 0.15) is 5.00 Å². The molecule has 1 aliphatic carbocycles. The van der Waals surface area contributed by atoms with Crippen molar-refractivity contribution in [3.8, 4) is 0 Å². The van der Waals surface area contributed by atoms with Crippen molar-refractivity contribution in [1.29, 1.82) is 0 Å². The van der Waals surface area contributed by atoms with Crippen LogP contribution < -0.4 is 5.32 Å². The molecule has 0 atom stereocenters. The van der Waals surface area contributed by atoms with Gasteiger partial charge >= 0.3 is 5.97 Å². The van der Waals surface area contributed by atoms with Crippen LogP contribution in [0.5, 0.6) is 0 Å². The quantitative estimate of drug-likeness (QED) is 0.455. The number of aryl methyl sites for hydroxylation is 1. The van der Waals surface area contributed by atoms with Gasteiger partial charge in [0.05, 0.1) is 29.0 Å². The lowest BCUT2D eigenvalue weighted by Gasteiger charge is -2.08. The number of carbonyl (C=O) groups excluding carboxylic acids is 3. The normalized spacial score (nSPS) is 12.7. The van der Waals surface area contributed by atoms with Gasteiger partial charge in [-0.25, -0.2) is 9.78 Å². The molecule has 30 heavy (non-hydrogen) atoms. The van der Waals surface area contributed by atoms with Crippen LogP contribution in [-0.2, 0) is 22.4 Å². The van der Waals surface area contributed by atoms with Gasteiger partial charge < -0.3 is 10.1 Å². The highest BCUT2D eigenvalue weighted by molar-refractivity contribution is 7.99. The molecule has 7 nitrogen and oxygen atoms in total. The summed E-state index contributed by atoms with van der Waals surface area (Å²) in [5.41, 5.74) is 2.91. The fraction of sp³-hybridized carbons (Fsp3) is 0.333. The number of hydrogen-bond donors (Lipinski definition) is 1. The molecule has 0 fully saturated rings. The van der Waals surface area contributed by atoms with E-state index < -0.39 is 5.97 Å². The Labute approximate surface area is 181 Å². The SMILES string of the molecule is CCOC(=O)c1c(NC(=O)CSc2nc3ccccc3n2C(C)=O)sc2c1CCC2. The number of nitrogens with zero attached hydrogens (tertiary/aromatic N) is 2. The van der Waals surface area contributed by atoms with Gasteiger partial charge in [0, 0.05) is 11.8 Å². The van der Waals surface area contributed by atoms with Crippen LogP contribution in [0, 0.1) is 0 Å². The number of benzene rings is 1. The van der Waals surface area contributed by atoms with Gasteiger partial charge in [-0.1, -0.05) is 23.9 Å². The zero-order chi connectivity index (χ0) is 21.3. The molecule has 0 unspecified atom stereocenters. The van der Waals surface area contributed by atoms with Crippen molar-refractivity contribution in [2.24, 2.45) is 0 Å². The summed E-state index contributed by atoms with van der Waals surface area (Å²) < 4.78 is 6.71. The number of para-hydroxylation sites is 2. The molecule has 0 bridgehead atoms. The molecule has 1 amide bonds. The van der Waals surface area contributed by atoms with Crippen molar-refractivity contribution in [3.05, 3.63) is 40.3 Å². The number of esters is 1. The van der Waals surface area contributed by atoms with E-state index in [1.807, 2.05) is 24.3 Å². The highest BCUT2D eigenvalue weighted by Gasteiger charge is 2.28. The third kappa shape index (κ3) is 3.87. The Morgan fingerprint density at radius 1 is 1.27 bits per heavy atom. The average molecular weight is 444 g/mol. The number of amides is 1. The van der Waals surface area contributed by atoms with E-state index in [4.69, 9.17) is 4.74 Å². The number of aromatic nitrogens is 2. The highest BCUT2D eigenvalue weighted by Crippen LogP contribution is 2.39. The van der Waals surface area contributed by atoms with Crippen LogP contribution in [0.3, 0.4) is 0 Å². The monoisotopic (exact) mass is 443 g/mol. The van der Waals surface area contributed by atoms with E-state index in [2.05, 4.69) is 10.3 Å². The second-order valence-electron chi connectivity index (χ2n) is 6.86. The molecule has 1 aliphatic rings. The zero-order valence-electron chi connectivity index (χ0n) is 16.7. The number of rotatable bonds is 6. The van der Waals surface area contributed by atoms with Crippen molar-refractivity contribution in [1.82, 2.24) is 9.55 Å². The van der Waals surface area contributed by atoms with Gasteiger partial charge in [-0.3, -0.25) is 14.2 Å². The molecular weight excluding hydrogens is 422 g/mol. The molecular formula is C21H21N3O4S2. The van der Waals surface area contributed by atoms with Crippen molar-refractivity contribution in [3.63, 3.8) is 0 Å². The molecule has 0 aliphatic heterocycles. The molecule has 0 saturated carbocycles. The summed E-state index contributed by atoms with van der Waals surface area (Å²) in [5.74, 6) is -0.738. The Morgan fingerprint density at radius 2 is 2.07 bits per heavy atom. The molecule has 2 heterocycles. The molecule has 2 aromatic heterocycles. The van der Waals surface area contributed by atoms with Crippen LogP contribution >= 0.6 is 23.1 Å². The predicted molar refractivity (Wildman–Crippen MR) is 118 cm³/mol. The second-order valence-corrected chi connectivity index (χ2v) is 8.90. The van der Waals surface area contributed by atoms with Gasteiger partial charge in [0.2, 0.25) is 11.8 Å². The topological polar surface area (TPSA) is 90.3 Å². The number of fused-ring (bicyclic) bond motifs is 2. The molecule has 156 valence electrons. The molecule has 1 aromatic carbocycles. The first kappa shape index (κ1) is 20.6. The van der Waals surface area contributed by atoms with Crippen molar-refractivity contribution in [2.75, 3.05) is 17.7 Å². The van der Waals surface area contributed by atoms with Gasteiger partial charge in [0.15, 0.2) is 5.16 Å². The number of thiophene rings is 1. The zero-order valence-corrected chi connectivity index (χ0v) is 18.3. The molecule has 0 spiro atoms. The first-order chi connectivity index (χ1) is 14.5. The third-order valence-corrected chi connectivity index (χ3v) is 6.98. The largest absolute Gasteiger partial charge is 0.462 e. The Hall–Kier alpha value is -2.65. The molecule has 0 saturated heterocycles. The fourth-order valence-corrected chi connectivity index (χ4v) is 5.75. The lowest BCUT2D eigenvalue weighted by atomic mass is 10.1. The molecule has 1 N–H and O–H groups in total. The average Bonchev–Trinajstić information content (AvgIpc) is 3.38. The molecule has 0 radical (unpaired) electrons. The number of nitrogens with one attached hydrogen (secondary N) is 1. The Balaban J connectivity index is 1.52. The molecule has 3 aromatic rings. The van der Waals surface area contributed by atoms with Crippen LogP contribution in [0.25, 0.3) is 11.0 Å².